The Morgan fingerprint density at radius 2 is 2.24 bits per heavy atom. The van der Waals surface area contributed by atoms with E-state index >= 15 is 0 Å². The molecule has 1 heterocycles. The number of carboxylic acid groups (broad SMARTS) is 1. The molecule has 0 saturated carbocycles. The van der Waals surface area contributed by atoms with Gasteiger partial charge in [0.25, 0.3) is 5.91 Å². The molecular weight excluding hydrogens is 279 g/mol. The maximum Gasteiger partial charge on any atom is 0.325 e. The van der Waals surface area contributed by atoms with Crippen molar-refractivity contribution < 1.29 is 19.1 Å². The van der Waals surface area contributed by atoms with E-state index < -0.39 is 17.9 Å². The molecular formula is C13H13FN4O3. The first-order chi connectivity index (χ1) is 9.95. The fourth-order valence-electron chi connectivity index (χ4n) is 1.75. The van der Waals surface area contributed by atoms with Crippen molar-refractivity contribution in [1.29, 1.82) is 0 Å². The first-order valence-electron chi connectivity index (χ1n) is 6.14. The van der Waals surface area contributed by atoms with E-state index in [9.17, 15) is 14.0 Å². The van der Waals surface area contributed by atoms with Crippen molar-refractivity contribution in [2.75, 3.05) is 0 Å². The molecule has 1 unspecified atom stereocenters. The first kappa shape index (κ1) is 14.6. The minimum absolute atomic E-state index is 0.000460. The minimum Gasteiger partial charge on any atom is -0.480 e. The molecule has 110 valence electrons. The fourth-order valence-corrected chi connectivity index (χ4v) is 1.75. The second-order valence-electron chi connectivity index (χ2n) is 4.45. The monoisotopic (exact) mass is 292 g/mol. The van der Waals surface area contributed by atoms with Crippen LogP contribution in [0.2, 0.25) is 0 Å². The summed E-state index contributed by atoms with van der Waals surface area (Å²) < 4.78 is 14.2. The largest absolute Gasteiger partial charge is 0.480 e. The van der Waals surface area contributed by atoms with E-state index in [0.29, 0.717) is 5.56 Å². The molecule has 2 aromatic rings. The molecule has 0 bridgehead atoms. The number of hydrogen-bond acceptors (Lipinski definition) is 4. The summed E-state index contributed by atoms with van der Waals surface area (Å²) in [5.74, 6) is -1.98. The lowest BCUT2D eigenvalue weighted by Gasteiger charge is -2.13. The SMILES string of the molecule is CC(NC(=O)c1cn(CC(=O)O)nn1)c1cccc(F)c1. The molecule has 2 N–H and O–H groups in total. The summed E-state index contributed by atoms with van der Waals surface area (Å²) in [5, 5.41) is 18.4. The summed E-state index contributed by atoms with van der Waals surface area (Å²) in [6.45, 7) is 1.33. The van der Waals surface area contributed by atoms with E-state index in [1.165, 1.54) is 18.3 Å². The van der Waals surface area contributed by atoms with Crippen molar-refractivity contribution in [2.24, 2.45) is 0 Å². The lowest BCUT2D eigenvalue weighted by Crippen LogP contribution is -2.27. The van der Waals surface area contributed by atoms with Crippen molar-refractivity contribution in [1.82, 2.24) is 20.3 Å². The fraction of sp³-hybridized carbons (Fsp3) is 0.231. The highest BCUT2D eigenvalue weighted by Crippen LogP contribution is 2.13. The molecule has 7 nitrogen and oxygen atoms in total. The third-order valence-corrected chi connectivity index (χ3v) is 2.76. The number of rotatable bonds is 5. The van der Waals surface area contributed by atoms with Crippen LogP contribution in [-0.4, -0.2) is 32.0 Å². The maximum atomic E-state index is 13.1. The maximum absolute atomic E-state index is 13.1. The number of carbonyl (C=O) groups is 2. The van der Waals surface area contributed by atoms with Gasteiger partial charge < -0.3 is 10.4 Å². The standard InChI is InChI=1S/C13H13FN4O3/c1-8(9-3-2-4-10(14)5-9)15-13(21)11-6-18(17-16-11)7-12(19)20/h2-6,8H,7H2,1H3,(H,15,21)(H,19,20). The van der Waals surface area contributed by atoms with Gasteiger partial charge in [-0.3, -0.25) is 9.59 Å². The Balaban J connectivity index is 2.03. The number of nitrogens with zero attached hydrogens (tertiary/aromatic N) is 3. The van der Waals surface area contributed by atoms with Gasteiger partial charge in [0.15, 0.2) is 5.69 Å². The first-order valence-corrected chi connectivity index (χ1v) is 6.14. The number of benzene rings is 1. The van der Waals surface area contributed by atoms with E-state index in [1.54, 1.807) is 19.1 Å². The van der Waals surface area contributed by atoms with Gasteiger partial charge in [-0.2, -0.15) is 0 Å². The molecule has 0 spiro atoms. The smallest absolute Gasteiger partial charge is 0.325 e. The molecule has 1 aromatic carbocycles. The van der Waals surface area contributed by atoms with E-state index in [1.807, 2.05) is 0 Å². The van der Waals surface area contributed by atoms with Crippen LogP contribution >= 0.6 is 0 Å². The van der Waals surface area contributed by atoms with Gasteiger partial charge in [-0.05, 0) is 24.6 Å². The van der Waals surface area contributed by atoms with Gasteiger partial charge in [0, 0.05) is 0 Å². The second-order valence-corrected chi connectivity index (χ2v) is 4.45. The number of carboxylic acids is 1. The lowest BCUT2D eigenvalue weighted by atomic mass is 10.1. The second kappa shape index (κ2) is 6.12. The molecule has 1 amide bonds. The van der Waals surface area contributed by atoms with Crippen LogP contribution in [0.5, 0.6) is 0 Å². The van der Waals surface area contributed by atoms with Gasteiger partial charge in [-0.25, -0.2) is 9.07 Å². The summed E-state index contributed by atoms with van der Waals surface area (Å²) in [6, 6.07) is 5.46. The molecule has 1 aromatic heterocycles. The third-order valence-electron chi connectivity index (χ3n) is 2.76. The number of amides is 1. The van der Waals surface area contributed by atoms with Crippen LogP contribution in [0.15, 0.2) is 30.5 Å². The Bertz CT molecular complexity index is 671. The van der Waals surface area contributed by atoms with Gasteiger partial charge in [-0.15, -0.1) is 5.10 Å². The van der Waals surface area contributed by atoms with E-state index in [2.05, 4.69) is 15.6 Å². The Morgan fingerprint density at radius 3 is 2.90 bits per heavy atom. The van der Waals surface area contributed by atoms with Crippen molar-refractivity contribution in [3.63, 3.8) is 0 Å². The van der Waals surface area contributed by atoms with Crippen molar-refractivity contribution in [2.45, 2.75) is 19.5 Å². The molecule has 8 heteroatoms. The summed E-state index contributed by atoms with van der Waals surface area (Å²) >= 11 is 0. The van der Waals surface area contributed by atoms with Crippen molar-refractivity contribution in [3.05, 3.63) is 47.5 Å². The molecule has 0 aliphatic rings. The molecule has 0 aliphatic heterocycles. The molecule has 0 aliphatic carbocycles. The number of carbonyl (C=O) groups excluding carboxylic acids is 1. The van der Waals surface area contributed by atoms with Crippen LogP contribution in [0.4, 0.5) is 4.39 Å². The highest BCUT2D eigenvalue weighted by Gasteiger charge is 2.15. The van der Waals surface area contributed by atoms with Gasteiger partial charge >= 0.3 is 5.97 Å². The zero-order valence-corrected chi connectivity index (χ0v) is 11.2. The summed E-state index contributed by atoms with van der Waals surface area (Å²) in [6.07, 6.45) is 1.24. The van der Waals surface area contributed by atoms with E-state index in [0.717, 1.165) is 4.68 Å². The highest BCUT2D eigenvalue weighted by atomic mass is 19.1. The summed E-state index contributed by atoms with van der Waals surface area (Å²) in [4.78, 5) is 22.5. The molecule has 0 fully saturated rings. The van der Waals surface area contributed by atoms with Crippen LogP contribution in [0.1, 0.15) is 29.0 Å². The minimum atomic E-state index is -1.08. The molecule has 2 rings (SSSR count). The number of halogens is 1. The number of nitrogens with one attached hydrogen (secondary N) is 1. The number of aromatic nitrogens is 3. The van der Waals surface area contributed by atoms with Gasteiger partial charge in [0.1, 0.15) is 12.4 Å². The van der Waals surface area contributed by atoms with Gasteiger partial charge in [-0.1, -0.05) is 17.3 Å². The predicted molar refractivity (Wildman–Crippen MR) is 69.9 cm³/mol. The van der Waals surface area contributed by atoms with Crippen LogP contribution in [-0.2, 0) is 11.3 Å². The van der Waals surface area contributed by atoms with Crippen molar-refractivity contribution in [3.8, 4) is 0 Å². The molecule has 0 radical (unpaired) electrons. The molecule has 1 atom stereocenters. The number of hydrogen-bond donors (Lipinski definition) is 2. The van der Waals surface area contributed by atoms with Crippen LogP contribution in [0.25, 0.3) is 0 Å². The number of aliphatic carboxylic acids is 1. The van der Waals surface area contributed by atoms with Gasteiger partial charge in [0.05, 0.1) is 12.2 Å². The lowest BCUT2D eigenvalue weighted by molar-refractivity contribution is -0.137. The Labute approximate surface area is 119 Å². The van der Waals surface area contributed by atoms with Crippen molar-refractivity contribution >= 4 is 11.9 Å². The molecule has 21 heavy (non-hydrogen) atoms. The average molecular weight is 292 g/mol. The van der Waals surface area contributed by atoms with Crippen LogP contribution < -0.4 is 5.32 Å². The quantitative estimate of drug-likeness (QED) is 0.856. The zero-order valence-electron chi connectivity index (χ0n) is 11.2. The predicted octanol–water partition coefficient (Wildman–Crippen LogP) is 0.993. The molecule has 0 saturated heterocycles. The van der Waals surface area contributed by atoms with Crippen LogP contribution in [0, 0.1) is 5.82 Å². The summed E-state index contributed by atoms with van der Waals surface area (Å²) in [5.41, 5.74) is 0.612. The third kappa shape index (κ3) is 3.85. The normalized spacial score (nSPS) is 11.9. The summed E-state index contributed by atoms with van der Waals surface area (Å²) in [7, 11) is 0. The van der Waals surface area contributed by atoms with Crippen LogP contribution in [0.3, 0.4) is 0 Å². The van der Waals surface area contributed by atoms with E-state index in [-0.39, 0.29) is 18.1 Å². The van der Waals surface area contributed by atoms with Gasteiger partial charge in [0.2, 0.25) is 0 Å². The highest BCUT2D eigenvalue weighted by molar-refractivity contribution is 5.92. The zero-order chi connectivity index (χ0) is 15.4. The Hall–Kier alpha value is -2.77. The van der Waals surface area contributed by atoms with E-state index in [4.69, 9.17) is 5.11 Å². The topological polar surface area (TPSA) is 97.1 Å². The Kier molecular flexibility index (Phi) is 4.27. The average Bonchev–Trinajstić information content (AvgIpc) is 2.86. The Morgan fingerprint density at radius 1 is 1.48 bits per heavy atom.